The van der Waals surface area contributed by atoms with Crippen molar-refractivity contribution in [2.24, 2.45) is 0 Å². The molecule has 0 aromatic heterocycles. The molecule has 8 nitrogen and oxygen atoms in total. The van der Waals surface area contributed by atoms with Crippen LogP contribution in [0.2, 0.25) is 0 Å². The zero-order valence-electron chi connectivity index (χ0n) is 18.1. The highest BCUT2D eigenvalue weighted by molar-refractivity contribution is 7.99. The third-order valence-electron chi connectivity index (χ3n) is 5.75. The molecular formula is C22H29N3O5S. The molecule has 4 amide bonds. The summed E-state index contributed by atoms with van der Waals surface area (Å²) in [5.74, 6) is -0.909. The van der Waals surface area contributed by atoms with Gasteiger partial charge in [-0.1, -0.05) is 19.1 Å². The van der Waals surface area contributed by atoms with Crippen LogP contribution >= 0.6 is 11.8 Å². The predicted octanol–water partition coefficient (Wildman–Crippen LogP) is 2.71. The first-order valence-corrected chi connectivity index (χ1v) is 11.6. The number of hydrogen-bond acceptors (Lipinski definition) is 6. The van der Waals surface area contributed by atoms with E-state index >= 15 is 0 Å². The summed E-state index contributed by atoms with van der Waals surface area (Å²) in [6, 6.07) is 6.55. The van der Waals surface area contributed by atoms with Gasteiger partial charge in [0.2, 0.25) is 0 Å². The van der Waals surface area contributed by atoms with Gasteiger partial charge >= 0.3 is 12.0 Å². The fourth-order valence-electron chi connectivity index (χ4n) is 3.89. The Labute approximate surface area is 186 Å². The molecular weight excluding hydrogens is 418 g/mol. The van der Waals surface area contributed by atoms with Gasteiger partial charge in [0.1, 0.15) is 5.54 Å². The Hall–Kier alpha value is -2.55. The summed E-state index contributed by atoms with van der Waals surface area (Å²) in [4.78, 5) is 51.7. The number of piperidine rings is 1. The molecule has 3 unspecified atom stereocenters. The third-order valence-corrected chi connectivity index (χ3v) is 7.14. The summed E-state index contributed by atoms with van der Waals surface area (Å²) in [6.45, 7) is 5.99. The molecule has 3 rings (SSSR count). The largest absolute Gasteiger partial charge is 0.449 e. The van der Waals surface area contributed by atoms with E-state index in [1.54, 1.807) is 38.1 Å². The fraction of sp³-hybridized carbons (Fsp3) is 0.545. The number of likely N-dealkylation sites (tertiary alicyclic amines) is 1. The number of ether oxygens (including phenoxy) is 1. The van der Waals surface area contributed by atoms with Gasteiger partial charge in [-0.15, -0.1) is 11.8 Å². The zero-order valence-corrected chi connectivity index (χ0v) is 18.9. The number of nitrogens with zero attached hydrogens (tertiary/aromatic N) is 1. The Morgan fingerprint density at radius 2 is 2.03 bits per heavy atom. The number of amides is 4. The highest BCUT2D eigenvalue weighted by Gasteiger charge is 2.42. The molecule has 0 bridgehead atoms. The maximum Gasteiger partial charge on any atom is 0.340 e. The van der Waals surface area contributed by atoms with Crippen LogP contribution in [0.3, 0.4) is 0 Å². The van der Waals surface area contributed by atoms with E-state index in [1.807, 2.05) is 4.90 Å². The maximum atomic E-state index is 12.9. The summed E-state index contributed by atoms with van der Waals surface area (Å²) in [6.07, 6.45) is 3.05. The van der Waals surface area contributed by atoms with Gasteiger partial charge in [0.25, 0.3) is 11.8 Å². The van der Waals surface area contributed by atoms with Gasteiger partial charge in [-0.2, -0.15) is 0 Å². The molecule has 2 aliphatic rings. The van der Waals surface area contributed by atoms with E-state index < -0.39 is 29.6 Å². The Bertz CT molecular complexity index is 876. The van der Waals surface area contributed by atoms with Gasteiger partial charge in [0, 0.05) is 23.2 Å². The van der Waals surface area contributed by atoms with Crippen molar-refractivity contribution >= 4 is 35.6 Å². The van der Waals surface area contributed by atoms with Crippen molar-refractivity contribution in [3.8, 4) is 0 Å². The number of esters is 1. The van der Waals surface area contributed by atoms with Crippen molar-refractivity contribution in [3.63, 3.8) is 0 Å². The third kappa shape index (κ3) is 5.20. The SMILES string of the molecule is CCC1CCCCN1C(=O)C(C)OC(=O)c1ccccc1SCC1(C)NC(=O)NC1=O. The van der Waals surface area contributed by atoms with Gasteiger partial charge in [-0.05, 0) is 51.7 Å². The molecule has 3 atom stereocenters. The van der Waals surface area contributed by atoms with Crippen LogP contribution in [0, 0.1) is 0 Å². The molecule has 31 heavy (non-hydrogen) atoms. The van der Waals surface area contributed by atoms with E-state index in [2.05, 4.69) is 17.6 Å². The van der Waals surface area contributed by atoms with E-state index in [0.717, 1.165) is 25.7 Å². The van der Waals surface area contributed by atoms with E-state index in [4.69, 9.17) is 4.74 Å². The topological polar surface area (TPSA) is 105 Å². The number of thioether (sulfide) groups is 1. The normalized spacial score (nSPS) is 24.4. The molecule has 2 aliphatic heterocycles. The van der Waals surface area contributed by atoms with Crippen LogP contribution in [-0.4, -0.2) is 58.7 Å². The molecule has 0 spiro atoms. The number of carbonyl (C=O) groups is 4. The number of carbonyl (C=O) groups excluding carboxylic acids is 4. The van der Waals surface area contributed by atoms with Crippen LogP contribution in [0.1, 0.15) is 56.8 Å². The highest BCUT2D eigenvalue weighted by atomic mass is 32.2. The van der Waals surface area contributed by atoms with Crippen molar-refractivity contribution in [3.05, 3.63) is 29.8 Å². The number of nitrogens with one attached hydrogen (secondary N) is 2. The standard InChI is InChI=1S/C22H29N3O5S/c1-4-15-9-7-8-12-25(15)18(26)14(2)30-19(27)16-10-5-6-11-17(16)31-13-22(3)20(28)23-21(29)24-22/h5-6,10-11,14-15H,4,7-9,12-13H2,1-3H3,(H2,23,24,28,29). The van der Waals surface area contributed by atoms with Gasteiger partial charge in [0.15, 0.2) is 6.10 Å². The fourth-order valence-corrected chi connectivity index (χ4v) is 5.02. The Morgan fingerprint density at radius 3 is 2.71 bits per heavy atom. The second-order valence-electron chi connectivity index (χ2n) is 8.16. The Balaban J connectivity index is 1.66. The van der Waals surface area contributed by atoms with Gasteiger partial charge in [0.05, 0.1) is 5.56 Å². The molecule has 0 aliphatic carbocycles. The van der Waals surface area contributed by atoms with Crippen LogP contribution in [0.25, 0.3) is 0 Å². The van der Waals surface area contributed by atoms with Gasteiger partial charge < -0.3 is 15.0 Å². The maximum absolute atomic E-state index is 12.9. The number of hydrogen-bond donors (Lipinski definition) is 2. The van der Waals surface area contributed by atoms with E-state index in [9.17, 15) is 19.2 Å². The van der Waals surface area contributed by atoms with Crippen LogP contribution in [0.15, 0.2) is 29.2 Å². The lowest BCUT2D eigenvalue weighted by atomic mass is 9.99. The summed E-state index contributed by atoms with van der Waals surface area (Å²) >= 11 is 1.27. The molecule has 2 saturated heterocycles. The van der Waals surface area contributed by atoms with Crippen LogP contribution in [-0.2, 0) is 14.3 Å². The van der Waals surface area contributed by atoms with Crippen molar-refractivity contribution in [1.29, 1.82) is 0 Å². The van der Waals surface area contributed by atoms with Gasteiger partial charge in [-0.25, -0.2) is 9.59 Å². The van der Waals surface area contributed by atoms with E-state index in [0.29, 0.717) is 17.0 Å². The average molecular weight is 448 g/mol. The lowest BCUT2D eigenvalue weighted by Gasteiger charge is -2.36. The van der Waals surface area contributed by atoms with Crippen LogP contribution < -0.4 is 10.6 Å². The van der Waals surface area contributed by atoms with Crippen LogP contribution in [0.5, 0.6) is 0 Å². The molecule has 2 fully saturated rings. The minimum Gasteiger partial charge on any atom is -0.449 e. The summed E-state index contributed by atoms with van der Waals surface area (Å²) in [5.41, 5.74) is -0.739. The van der Waals surface area contributed by atoms with E-state index in [1.165, 1.54) is 11.8 Å². The Kier molecular flexibility index (Phi) is 7.25. The molecule has 0 radical (unpaired) electrons. The van der Waals surface area contributed by atoms with Gasteiger partial charge in [-0.3, -0.25) is 14.9 Å². The number of imide groups is 1. The minimum absolute atomic E-state index is 0.164. The second-order valence-corrected chi connectivity index (χ2v) is 9.18. The lowest BCUT2D eigenvalue weighted by molar-refractivity contribution is -0.143. The summed E-state index contributed by atoms with van der Waals surface area (Å²) < 4.78 is 5.53. The second kappa shape index (κ2) is 9.72. The molecule has 2 N–H and O–H groups in total. The minimum atomic E-state index is -1.06. The number of urea groups is 1. The van der Waals surface area contributed by atoms with Crippen LogP contribution in [0.4, 0.5) is 4.79 Å². The summed E-state index contributed by atoms with van der Waals surface area (Å²) in [5, 5.41) is 4.83. The van der Waals surface area contributed by atoms with Crippen molar-refractivity contribution in [2.45, 2.75) is 69.0 Å². The monoisotopic (exact) mass is 447 g/mol. The molecule has 1 aromatic rings. The quantitative estimate of drug-likeness (QED) is 0.378. The van der Waals surface area contributed by atoms with Crippen molar-refractivity contribution in [2.75, 3.05) is 12.3 Å². The van der Waals surface area contributed by atoms with Crippen molar-refractivity contribution in [1.82, 2.24) is 15.5 Å². The molecule has 9 heteroatoms. The molecule has 0 saturated carbocycles. The predicted molar refractivity (Wildman–Crippen MR) is 117 cm³/mol. The number of rotatable bonds is 7. The average Bonchev–Trinajstić information content (AvgIpc) is 3.03. The summed E-state index contributed by atoms with van der Waals surface area (Å²) in [7, 11) is 0. The molecule has 1 aromatic carbocycles. The van der Waals surface area contributed by atoms with E-state index in [-0.39, 0.29) is 17.7 Å². The number of benzene rings is 1. The smallest absolute Gasteiger partial charge is 0.340 e. The Morgan fingerprint density at radius 1 is 1.29 bits per heavy atom. The zero-order chi connectivity index (χ0) is 22.6. The molecule has 2 heterocycles. The first-order chi connectivity index (χ1) is 14.7. The lowest BCUT2D eigenvalue weighted by Crippen LogP contribution is -2.48. The first kappa shape index (κ1) is 23.1. The van der Waals surface area contributed by atoms with Crippen molar-refractivity contribution < 1.29 is 23.9 Å². The molecule has 168 valence electrons. The first-order valence-electron chi connectivity index (χ1n) is 10.6. The highest BCUT2D eigenvalue weighted by Crippen LogP contribution is 2.28.